The molecule has 0 bridgehead atoms. The Labute approximate surface area is 241 Å². The van der Waals surface area contributed by atoms with Crippen molar-refractivity contribution >= 4 is 56.6 Å². The number of thioether (sulfide) groups is 1. The van der Waals surface area contributed by atoms with Crippen LogP contribution in [0, 0.1) is 13.8 Å². The topological polar surface area (TPSA) is 109 Å². The lowest BCUT2D eigenvalue weighted by molar-refractivity contribution is -0.138. The molecule has 0 fully saturated rings. The first kappa shape index (κ1) is 27.6. The molecule has 0 aliphatic carbocycles. The van der Waals surface area contributed by atoms with Crippen molar-refractivity contribution in [3.05, 3.63) is 118 Å². The maximum atomic E-state index is 13.4. The van der Waals surface area contributed by atoms with Gasteiger partial charge in [-0.15, -0.1) is 0 Å². The van der Waals surface area contributed by atoms with Crippen molar-refractivity contribution in [1.29, 1.82) is 0 Å². The number of benzene rings is 3. The third-order valence-electron chi connectivity index (χ3n) is 6.25. The minimum absolute atomic E-state index is 0.00174. The van der Waals surface area contributed by atoms with Crippen LogP contribution >= 0.6 is 23.4 Å². The van der Waals surface area contributed by atoms with Gasteiger partial charge in [-0.25, -0.2) is 8.42 Å². The molecular weight excluding hydrogens is 570 g/mol. The molecule has 1 aromatic heterocycles. The van der Waals surface area contributed by atoms with Gasteiger partial charge in [-0.3, -0.25) is 19.2 Å². The summed E-state index contributed by atoms with van der Waals surface area (Å²) in [6, 6.07) is 21.5. The summed E-state index contributed by atoms with van der Waals surface area (Å²) in [7, 11) is -3.81. The van der Waals surface area contributed by atoms with E-state index in [2.05, 4.69) is 10.0 Å². The number of hydrogen-bond acceptors (Lipinski definition) is 7. The number of anilines is 2. The number of aryl methyl sites for hydroxylation is 2. The van der Waals surface area contributed by atoms with Crippen LogP contribution in [0.1, 0.15) is 16.9 Å². The zero-order valence-corrected chi connectivity index (χ0v) is 23.9. The number of carbonyl (C=O) groups is 2. The van der Waals surface area contributed by atoms with Gasteiger partial charge in [0.05, 0.1) is 17.7 Å². The lowest BCUT2D eigenvalue weighted by atomic mass is 10.1. The standard InChI is InChI=1S/C29H24ClN3O5S2/c1-18-5-8-22(16-19(18)2)31-26-27(29(35)33(28(26)34)17-23-4-3-15-38-23)39-24-11-9-21(10-12-24)32-40(36,37)25-13-6-20(30)7-14-25/h3-16,31-32H,17H2,1-2H3. The average Bonchev–Trinajstić information content (AvgIpc) is 3.51. The van der Waals surface area contributed by atoms with E-state index in [1.54, 1.807) is 36.4 Å². The van der Waals surface area contributed by atoms with Gasteiger partial charge in [0, 0.05) is 21.3 Å². The van der Waals surface area contributed by atoms with Gasteiger partial charge in [0.2, 0.25) is 0 Å². The molecule has 4 aromatic rings. The van der Waals surface area contributed by atoms with Crippen LogP contribution < -0.4 is 10.0 Å². The second-order valence-corrected chi connectivity index (χ2v) is 12.3. The van der Waals surface area contributed by atoms with E-state index in [0.29, 0.717) is 27.1 Å². The highest BCUT2D eigenvalue weighted by Gasteiger charge is 2.39. The Morgan fingerprint density at radius 3 is 2.23 bits per heavy atom. The summed E-state index contributed by atoms with van der Waals surface area (Å²) in [6.07, 6.45) is 1.49. The Kier molecular flexibility index (Phi) is 7.75. The van der Waals surface area contributed by atoms with Gasteiger partial charge in [-0.2, -0.15) is 0 Å². The quantitative estimate of drug-likeness (QED) is 0.218. The molecule has 0 atom stereocenters. The maximum absolute atomic E-state index is 13.4. The molecule has 0 saturated heterocycles. The van der Waals surface area contributed by atoms with Crippen LogP contribution in [-0.4, -0.2) is 25.1 Å². The first-order chi connectivity index (χ1) is 19.1. The third-order valence-corrected chi connectivity index (χ3v) is 8.99. The number of rotatable bonds is 9. The molecule has 3 aromatic carbocycles. The highest BCUT2D eigenvalue weighted by atomic mass is 35.5. The van der Waals surface area contributed by atoms with E-state index in [1.165, 1.54) is 30.5 Å². The molecule has 0 saturated carbocycles. The van der Waals surface area contributed by atoms with Gasteiger partial charge < -0.3 is 9.73 Å². The van der Waals surface area contributed by atoms with Crippen LogP contribution in [-0.2, 0) is 26.2 Å². The number of nitrogens with one attached hydrogen (secondary N) is 2. The first-order valence-electron chi connectivity index (χ1n) is 12.1. The van der Waals surface area contributed by atoms with Crippen molar-refractivity contribution in [3.63, 3.8) is 0 Å². The van der Waals surface area contributed by atoms with E-state index < -0.39 is 21.8 Å². The molecule has 1 aliphatic heterocycles. The number of sulfonamides is 1. The lowest BCUT2D eigenvalue weighted by Crippen LogP contribution is -2.31. The van der Waals surface area contributed by atoms with Gasteiger partial charge in [0.1, 0.15) is 16.4 Å². The number of nitrogens with zero attached hydrogens (tertiary/aromatic N) is 1. The molecule has 204 valence electrons. The smallest absolute Gasteiger partial charge is 0.278 e. The zero-order chi connectivity index (χ0) is 28.4. The van der Waals surface area contributed by atoms with Crippen molar-refractivity contribution in [2.75, 3.05) is 10.0 Å². The molecule has 5 rings (SSSR count). The van der Waals surface area contributed by atoms with Crippen molar-refractivity contribution in [2.24, 2.45) is 0 Å². The summed E-state index contributed by atoms with van der Waals surface area (Å²) in [5.74, 6) is -0.435. The Morgan fingerprint density at radius 1 is 0.875 bits per heavy atom. The highest BCUT2D eigenvalue weighted by molar-refractivity contribution is 8.04. The van der Waals surface area contributed by atoms with Gasteiger partial charge in [0.25, 0.3) is 21.8 Å². The molecular formula is C29H24ClN3O5S2. The first-order valence-corrected chi connectivity index (χ1v) is 14.8. The van der Waals surface area contributed by atoms with E-state index in [4.69, 9.17) is 16.0 Å². The number of carbonyl (C=O) groups excluding carboxylic acids is 2. The maximum Gasteiger partial charge on any atom is 0.278 e. The Hall–Kier alpha value is -3.99. The Morgan fingerprint density at radius 2 is 1.57 bits per heavy atom. The fourth-order valence-electron chi connectivity index (χ4n) is 3.96. The predicted molar refractivity (Wildman–Crippen MR) is 155 cm³/mol. The summed E-state index contributed by atoms with van der Waals surface area (Å²) in [5.41, 5.74) is 3.34. The highest BCUT2D eigenvalue weighted by Crippen LogP contribution is 2.37. The summed E-state index contributed by atoms with van der Waals surface area (Å²) >= 11 is 6.98. The van der Waals surface area contributed by atoms with E-state index in [-0.39, 0.29) is 22.0 Å². The molecule has 8 nitrogen and oxygen atoms in total. The molecule has 0 unspecified atom stereocenters. The Balaban J connectivity index is 1.40. The molecule has 2 amide bonds. The van der Waals surface area contributed by atoms with Crippen molar-refractivity contribution < 1.29 is 22.4 Å². The zero-order valence-electron chi connectivity index (χ0n) is 21.5. The van der Waals surface area contributed by atoms with Crippen molar-refractivity contribution in [3.8, 4) is 0 Å². The molecule has 11 heteroatoms. The summed E-state index contributed by atoms with van der Waals surface area (Å²) < 4.78 is 33.3. The van der Waals surface area contributed by atoms with E-state index in [0.717, 1.165) is 27.8 Å². The fraction of sp³-hybridized carbons (Fsp3) is 0.103. The molecule has 0 spiro atoms. The Bertz CT molecular complexity index is 1720. The van der Waals surface area contributed by atoms with Gasteiger partial charge in [0.15, 0.2) is 0 Å². The molecule has 1 aliphatic rings. The van der Waals surface area contributed by atoms with Crippen molar-refractivity contribution in [1.82, 2.24) is 4.90 Å². The average molecular weight is 594 g/mol. The lowest BCUT2D eigenvalue weighted by Gasteiger charge is -2.14. The van der Waals surface area contributed by atoms with Gasteiger partial charge in [-0.05, 0) is 97.8 Å². The monoisotopic (exact) mass is 593 g/mol. The minimum atomic E-state index is -3.81. The molecule has 0 radical (unpaired) electrons. The van der Waals surface area contributed by atoms with Gasteiger partial charge in [-0.1, -0.05) is 29.4 Å². The van der Waals surface area contributed by atoms with Crippen LogP contribution in [0.5, 0.6) is 0 Å². The number of amides is 2. The number of furan rings is 1. The largest absolute Gasteiger partial charge is 0.467 e. The van der Waals surface area contributed by atoms with Crippen LogP contribution in [0.25, 0.3) is 0 Å². The normalized spacial score (nSPS) is 13.7. The summed E-state index contributed by atoms with van der Waals surface area (Å²) in [6.45, 7) is 3.96. The summed E-state index contributed by atoms with van der Waals surface area (Å²) in [5, 5.41) is 3.58. The van der Waals surface area contributed by atoms with Crippen LogP contribution in [0.15, 0.2) is 110 Å². The third kappa shape index (κ3) is 5.94. The van der Waals surface area contributed by atoms with Gasteiger partial charge >= 0.3 is 0 Å². The number of imide groups is 1. The number of halogens is 1. The van der Waals surface area contributed by atoms with Crippen LogP contribution in [0.4, 0.5) is 11.4 Å². The van der Waals surface area contributed by atoms with E-state index in [1.807, 2.05) is 32.0 Å². The predicted octanol–water partition coefficient (Wildman–Crippen LogP) is 6.34. The van der Waals surface area contributed by atoms with Crippen molar-refractivity contribution in [2.45, 2.75) is 30.2 Å². The summed E-state index contributed by atoms with van der Waals surface area (Å²) in [4.78, 5) is 28.9. The van der Waals surface area contributed by atoms with E-state index >= 15 is 0 Å². The van der Waals surface area contributed by atoms with Crippen LogP contribution in [0.3, 0.4) is 0 Å². The second kappa shape index (κ2) is 11.2. The molecule has 2 N–H and O–H groups in total. The van der Waals surface area contributed by atoms with Crippen LogP contribution in [0.2, 0.25) is 5.02 Å². The number of hydrogen-bond donors (Lipinski definition) is 2. The molecule has 40 heavy (non-hydrogen) atoms. The SMILES string of the molecule is Cc1ccc(NC2=C(Sc3ccc(NS(=O)(=O)c4ccc(Cl)cc4)cc3)C(=O)N(Cc3ccco3)C2=O)cc1C. The second-order valence-electron chi connectivity index (χ2n) is 9.09. The van der Waals surface area contributed by atoms with E-state index in [9.17, 15) is 18.0 Å². The minimum Gasteiger partial charge on any atom is -0.467 e. The fourth-order valence-corrected chi connectivity index (χ4v) is 6.09. The molecule has 2 heterocycles.